The van der Waals surface area contributed by atoms with Crippen LogP contribution >= 0.6 is 0 Å². The summed E-state index contributed by atoms with van der Waals surface area (Å²) in [5.74, 6) is 1.57. The number of alkyl halides is 3. The zero-order valence-electron chi connectivity index (χ0n) is 18.0. The summed E-state index contributed by atoms with van der Waals surface area (Å²) < 4.78 is 45.1. The molecule has 3 rings (SSSR count). The minimum atomic E-state index is -4.38. The quantitative estimate of drug-likeness (QED) is 0.573. The Kier molecular flexibility index (Phi) is 7.37. The second-order valence-corrected chi connectivity index (χ2v) is 7.52. The maximum Gasteiger partial charge on any atom is 0.416 e. The Hall–Kier alpha value is -2.81. The average molecular weight is 435 g/mol. The van der Waals surface area contributed by atoms with Crippen molar-refractivity contribution in [2.45, 2.75) is 25.7 Å². The summed E-state index contributed by atoms with van der Waals surface area (Å²) in [6.45, 7) is 4.58. The van der Waals surface area contributed by atoms with Gasteiger partial charge in [-0.25, -0.2) is 9.98 Å². The van der Waals surface area contributed by atoms with Gasteiger partial charge < -0.3 is 19.9 Å². The molecule has 0 spiro atoms. The van der Waals surface area contributed by atoms with E-state index in [-0.39, 0.29) is 0 Å². The maximum atomic E-state index is 13.1. The van der Waals surface area contributed by atoms with Gasteiger partial charge in [0.2, 0.25) is 0 Å². The van der Waals surface area contributed by atoms with E-state index in [1.54, 1.807) is 12.3 Å². The molecule has 1 unspecified atom stereocenters. The first-order valence-corrected chi connectivity index (χ1v) is 10.2. The SMILES string of the molecule is CCNC(=NCc1ccnc(N(C)C)c1)N1CCOC(c2cccc(C(F)(F)F)c2)C1. The number of aliphatic imine (C=N–C) groups is 1. The number of benzene rings is 1. The number of nitrogens with one attached hydrogen (secondary N) is 1. The molecule has 1 aliphatic heterocycles. The lowest BCUT2D eigenvalue weighted by Crippen LogP contribution is -2.48. The summed E-state index contributed by atoms with van der Waals surface area (Å²) in [5.41, 5.74) is 0.873. The minimum Gasteiger partial charge on any atom is -0.370 e. The van der Waals surface area contributed by atoms with Crippen LogP contribution in [0.2, 0.25) is 0 Å². The molecule has 1 fully saturated rings. The Labute approximate surface area is 180 Å². The average Bonchev–Trinajstić information content (AvgIpc) is 2.76. The molecule has 2 aromatic rings. The molecule has 0 bridgehead atoms. The minimum absolute atomic E-state index is 0.408. The summed E-state index contributed by atoms with van der Waals surface area (Å²) in [6, 6.07) is 9.24. The number of guanidine groups is 1. The van der Waals surface area contributed by atoms with Crippen molar-refractivity contribution in [1.82, 2.24) is 15.2 Å². The Balaban J connectivity index is 1.76. The highest BCUT2D eigenvalue weighted by Gasteiger charge is 2.32. The molecule has 1 atom stereocenters. The zero-order chi connectivity index (χ0) is 22.4. The standard InChI is InChI=1S/C22H28F3N5O/c1-4-26-21(28-14-16-8-9-27-20(12-16)29(2)3)30-10-11-31-19(15-30)17-6-5-7-18(13-17)22(23,24)25/h5-9,12-13,19H,4,10-11,14-15H2,1-3H3,(H,26,28). The van der Waals surface area contributed by atoms with E-state index in [0.717, 1.165) is 23.5 Å². The number of nitrogens with zero attached hydrogens (tertiary/aromatic N) is 4. The molecule has 1 saturated heterocycles. The molecular formula is C22H28F3N5O. The molecule has 6 nitrogen and oxygen atoms in total. The molecule has 0 radical (unpaired) electrons. The first-order valence-electron chi connectivity index (χ1n) is 10.2. The molecule has 31 heavy (non-hydrogen) atoms. The molecular weight excluding hydrogens is 407 g/mol. The molecule has 1 aliphatic rings. The van der Waals surface area contributed by atoms with Crippen molar-refractivity contribution in [3.05, 3.63) is 59.3 Å². The van der Waals surface area contributed by atoms with Gasteiger partial charge >= 0.3 is 6.18 Å². The summed E-state index contributed by atoms with van der Waals surface area (Å²) >= 11 is 0. The number of hydrogen-bond donors (Lipinski definition) is 1. The van der Waals surface area contributed by atoms with Crippen molar-refractivity contribution in [3.63, 3.8) is 0 Å². The van der Waals surface area contributed by atoms with Crippen molar-refractivity contribution in [2.24, 2.45) is 4.99 Å². The number of aromatic nitrogens is 1. The largest absolute Gasteiger partial charge is 0.416 e. The molecule has 168 valence electrons. The van der Waals surface area contributed by atoms with E-state index >= 15 is 0 Å². The van der Waals surface area contributed by atoms with Crippen LogP contribution in [-0.2, 0) is 17.5 Å². The van der Waals surface area contributed by atoms with Gasteiger partial charge in [-0.15, -0.1) is 0 Å². The molecule has 0 aliphatic carbocycles. The van der Waals surface area contributed by atoms with Gasteiger partial charge in [-0.1, -0.05) is 12.1 Å². The van der Waals surface area contributed by atoms with Crippen LogP contribution in [0.1, 0.15) is 29.7 Å². The maximum absolute atomic E-state index is 13.1. The Bertz CT molecular complexity index is 901. The summed E-state index contributed by atoms with van der Waals surface area (Å²) in [5, 5.41) is 3.28. The normalized spacial score (nSPS) is 17.5. The van der Waals surface area contributed by atoms with Gasteiger partial charge in [0.25, 0.3) is 0 Å². The number of morpholine rings is 1. The van der Waals surface area contributed by atoms with Crippen LogP contribution < -0.4 is 10.2 Å². The Morgan fingerprint density at radius 3 is 2.81 bits per heavy atom. The van der Waals surface area contributed by atoms with Gasteiger partial charge in [-0.05, 0) is 42.3 Å². The number of anilines is 1. The van der Waals surface area contributed by atoms with Crippen LogP contribution in [0.15, 0.2) is 47.6 Å². The second-order valence-electron chi connectivity index (χ2n) is 7.52. The van der Waals surface area contributed by atoms with Crippen molar-refractivity contribution < 1.29 is 17.9 Å². The number of pyridine rings is 1. The van der Waals surface area contributed by atoms with Crippen LogP contribution in [0.25, 0.3) is 0 Å². The van der Waals surface area contributed by atoms with Crippen molar-refractivity contribution >= 4 is 11.8 Å². The predicted molar refractivity (Wildman–Crippen MR) is 115 cm³/mol. The second kappa shape index (κ2) is 10.00. The van der Waals surface area contributed by atoms with E-state index in [9.17, 15) is 13.2 Å². The van der Waals surface area contributed by atoms with Gasteiger partial charge in [0.15, 0.2) is 5.96 Å². The fourth-order valence-electron chi connectivity index (χ4n) is 3.35. The summed E-state index contributed by atoms with van der Waals surface area (Å²) in [6.07, 6.45) is -3.08. The summed E-state index contributed by atoms with van der Waals surface area (Å²) in [4.78, 5) is 13.0. The first-order chi connectivity index (χ1) is 14.8. The smallest absolute Gasteiger partial charge is 0.370 e. The van der Waals surface area contributed by atoms with E-state index in [4.69, 9.17) is 9.73 Å². The molecule has 9 heteroatoms. The van der Waals surface area contributed by atoms with Crippen molar-refractivity contribution in [3.8, 4) is 0 Å². The van der Waals surface area contributed by atoms with Gasteiger partial charge in [-0.2, -0.15) is 13.2 Å². The number of ether oxygens (including phenoxy) is 1. The number of hydrogen-bond acceptors (Lipinski definition) is 4. The lowest BCUT2D eigenvalue weighted by atomic mass is 10.0. The Morgan fingerprint density at radius 2 is 2.10 bits per heavy atom. The predicted octanol–water partition coefficient (Wildman–Crippen LogP) is 3.71. The topological polar surface area (TPSA) is 53.0 Å². The van der Waals surface area contributed by atoms with Gasteiger partial charge in [0, 0.05) is 33.4 Å². The number of rotatable bonds is 5. The molecule has 0 saturated carbocycles. The monoisotopic (exact) mass is 435 g/mol. The summed E-state index contributed by atoms with van der Waals surface area (Å²) in [7, 11) is 3.86. The van der Waals surface area contributed by atoms with E-state index in [1.165, 1.54) is 6.07 Å². The zero-order valence-corrected chi connectivity index (χ0v) is 18.0. The fourth-order valence-corrected chi connectivity index (χ4v) is 3.35. The molecule has 0 amide bonds. The van der Waals surface area contributed by atoms with E-state index in [0.29, 0.717) is 44.3 Å². The van der Waals surface area contributed by atoms with E-state index in [1.807, 2.05) is 43.0 Å². The van der Waals surface area contributed by atoms with Gasteiger partial charge in [0.1, 0.15) is 11.9 Å². The Morgan fingerprint density at radius 1 is 1.29 bits per heavy atom. The first kappa shape index (κ1) is 22.9. The van der Waals surface area contributed by atoms with Crippen LogP contribution in [0.5, 0.6) is 0 Å². The molecule has 1 aromatic heterocycles. The van der Waals surface area contributed by atoms with Crippen LogP contribution in [0.4, 0.5) is 19.0 Å². The highest BCUT2D eigenvalue weighted by atomic mass is 19.4. The van der Waals surface area contributed by atoms with E-state index < -0.39 is 17.8 Å². The van der Waals surface area contributed by atoms with Gasteiger partial charge in [-0.3, -0.25) is 0 Å². The lowest BCUT2D eigenvalue weighted by Gasteiger charge is -2.35. The van der Waals surface area contributed by atoms with Crippen molar-refractivity contribution in [2.75, 3.05) is 45.2 Å². The van der Waals surface area contributed by atoms with Crippen molar-refractivity contribution in [1.29, 1.82) is 0 Å². The highest BCUT2D eigenvalue weighted by molar-refractivity contribution is 5.80. The van der Waals surface area contributed by atoms with Crippen LogP contribution in [0.3, 0.4) is 0 Å². The lowest BCUT2D eigenvalue weighted by molar-refractivity contribution is -0.137. The van der Waals surface area contributed by atoms with E-state index in [2.05, 4.69) is 10.3 Å². The van der Waals surface area contributed by atoms with Gasteiger partial charge in [0.05, 0.1) is 25.3 Å². The van der Waals surface area contributed by atoms with Crippen LogP contribution in [0, 0.1) is 0 Å². The van der Waals surface area contributed by atoms with Crippen LogP contribution in [-0.4, -0.2) is 56.2 Å². The third-order valence-corrected chi connectivity index (χ3v) is 4.97. The number of halogens is 3. The third-order valence-electron chi connectivity index (χ3n) is 4.97. The molecule has 2 heterocycles. The highest BCUT2D eigenvalue weighted by Crippen LogP contribution is 2.32. The molecule has 1 aromatic carbocycles. The molecule has 1 N–H and O–H groups in total. The third kappa shape index (κ3) is 6.10. The fraction of sp³-hybridized carbons (Fsp3) is 0.455.